The first kappa shape index (κ1) is 20.3. The zero-order valence-electron chi connectivity index (χ0n) is 16.6. The van der Waals surface area contributed by atoms with Gasteiger partial charge in [-0.25, -0.2) is 18.6 Å². The number of nitrogens with zero attached hydrogens (tertiary/aromatic N) is 2. The molecule has 1 aromatic carbocycles. The Morgan fingerprint density at radius 1 is 1.10 bits per heavy atom. The average Bonchev–Trinajstić information content (AvgIpc) is 3.06. The summed E-state index contributed by atoms with van der Waals surface area (Å²) in [6, 6.07) is 6.67. The summed E-state index contributed by atoms with van der Waals surface area (Å²) in [6.07, 6.45) is 4.02. The van der Waals surface area contributed by atoms with Crippen LogP contribution in [-0.4, -0.2) is 40.6 Å². The summed E-state index contributed by atoms with van der Waals surface area (Å²) < 4.78 is 32.0. The van der Waals surface area contributed by atoms with Gasteiger partial charge in [0.2, 0.25) is 5.91 Å². The molecule has 8 heteroatoms. The van der Waals surface area contributed by atoms with Crippen LogP contribution in [0.2, 0.25) is 0 Å². The monoisotopic (exact) mass is 415 g/mol. The maximum atomic E-state index is 13.4. The van der Waals surface area contributed by atoms with Gasteiger partial charge in [0.1, 0.15) is 23.6 Å². The lowest BCUT2D eigenvalue weighted by Gasteiger charge is -2.32. The van der Waals surface area contributed by atoms with Crippen LogP contribution in [0.4, 0.5) is 19.4 Å². The number of benzene rings is 1. The van der Waals surface area contributed by atoms with Crippen LogP contribution < -0.4 is 5.32 Å². The van der Waals surface area contributed by atoms with Crippen LogP contribution in [0.5, 0.6) is 0 Å². The van der Waals surface area contributed by atoms with Crippen LogP contribution in [0.25, 0.3) is 11.1 Å². The second kappa shape index (κ2) is 8.38. The molecule has 158 valence electrons. The minimum absolute atomic E-state index is 0.0866. The minimum Gasteiger partial charge on any atom is -0.444 e. The lowest BCUT2D eigenvalue weighted by Crippen LogP contribution is -2.40. The van der Waals surface area contributed by atoms with Crippen molar-refractivity contribution in [2.45, 2.75) is 44.8 Å². The Kier molecular flexibility index (Phi) is 5.65. The molecule has 2 fully saturated rings. The van der Waals surface area contributed by atoms with Gasteiger partial charge in [0.05, 0.1) is 6.54 Å². The highest BCUT2D eigenvalue weighted by atomic mass is 19.1. The molecule has 0 unspecified atom stereocenters. The SMILES string of the molecule is C[C@H]1CN(C2CCC(C(=O)Nc3ccc(-c4cc(F)cc(F)c4)cn3)CC2)C(=O)O1. The van der Waals surface area contributed by atoms with Gasteiger partial charge in [0.15, 0.2) is 0 Å². The fourth-order valence-corrected chi connectivity index (χ4v) is 4.16. The van der Waals surface area contributed by atoms with E-state index >= 15 is 0 Å². The normalized spacial score (nSPS) is 23.9. The molecular formula is C22H23F2N3O3. The molecule has 1 aliphatic heterocycles. The van der Waals surface area contributed by atoms with Gasteiger partial charge in [-0.1, -0.05) is 0 Å². The van der Waals surface area contributed by atoms with Crippen molar-refractivity contribution >= 4 is 17.8 Å². The van der Waals surface area contributed by atoms with Gasteiger partial charge < -0.3 is 15.0 Å². The quantitative estimate of drug-likeness (QED) is 0.805. The van der Waals surface area contributed by atoms with Gasteiger partial charge >= 0.3 is 6.09 Å². The Bertz CT molecular complexity index is 923. The van der Waals surface area contributed by atoms with Crippen molar-refractivity contribution in [2.75, 3.05) is 11.9 Å². The van der Waals surface area contributed by atoms with Crippen molar-refractivity contribution in [2.24, 2.45) is 5.92 Å². The topological polar surface area (TPSA) is 71.5 Å². The van der Waals surface area contributed by atoms with E-state index < -0.39 is 11.6 Å². The van der Waals surface area contributed by atoms with E-state index in [2.05, 4.69) is 10.3 Å². The zero-order valence-corrected chi connectivity index (χ0v) is 16.6. The van der Waals surface area contributed by atoms with Gasteiger partial charge in [-0.3, -0.25) is 4.79 Å². The fourth-order valence-electron chi connectivity index (χ4n) is 4.16. The van der Waals surface area contributed by atoms with E-state index in [4.69, 9.17) is 4.74 Å². The number of hydrogen-bond acceptors (Lipinski definition) is 4. The zero-order chi connectivity index (χ0) is 21.3. The highest BCUT2D eigenvalue weighted by Crippen LogP contribution is 2.31. The number of ether oxygens (including phenoxy) is 1. The lowest BCUT2D eigenvalue weighted by molar-refractivity contribution is -0.121. The van der Waals surface area contributed by atoms with Gasteiger partial charge in [-0.15, -0.1) is 0 Å². The largest absolute Gasteiger partial charge is 0.444 e. The summed E-state index contributed by atoms with van der Waals surface area (Å²) in [5, 5.41) is 2.81. The summed E-state index contributed by atoms with van der Waals surface area (Å²) in [4.78, 5) is 30.5. The summed E-state index contributed by atoms with van der Waals surface area (Å²) in [5.74, 6) is -1.18. The van der Waals surface area contributed by atoms with Gasteiger partial charge in [-0.2, -0.15) is 0 Å². The minimum atomic E-state index is -0.658. The summed E-state index contributed by atoms with van der Waals surface area (Å²) in [6.45, 7) is 2.48. The molecule has 1 aliphatic carbocycles. The first-order valence-electron chi connectivity index (χ1n) is 10.1. The number of carbonyl (C=O) groups is 2. The number of cyclic esters (lactones) is 1. The third-order valence-corrected chi connectivity index (χ3v) is 5.71. The van der Waals surface area contributed by atoms with Crippen LogP contribution in [0.1, 0.15) is 32.6 Å². The van der Waals surface area contributed by atoms with E-state index in [1.807, 2.05) is 6.92 Å². The average molecular weight is 415 g/mol. The molecule has 1 aromatic heterocycles. The first-order chi connectivity index (χ1) is 14.4. The van der Waals surface area contributed by atoms with Gasteiger partial charge in [-0.05, 0) is 62.4 Å². The molecule has 0 radical (unpaired) electrons. The molecule has 6 nitrogen and oxygen atoms in total. The van der Waals surface area contributed by atoms with Crippen LogP contribution in [0.3, 0.4) is 0 Å². The van der Waals surface area contributed by atoms with E-state index in [1.54, 1.807) is 17.0 Å². The maximum absolute atomic E-state index is 13.4. The molecule has 0 spiro atoms. The lowest BCUT2D eigenvalue weighted by atomic mass is 9.85. The molecule has 30 heavy (non-hydrogen) atoms. The Morgan fingerprint density at radius 3 is 2.37 bits per heavy atom. The Labute approximate surface area is 173 Å². The molecule has 2 aromatic rings. The van der Waals surface area contributed by atoms with E-state index in [0.717, 1.165) is 18.9 Å². The highest BCUT2D eigenvalue weighted by Gasteiger charge is 2.37. The van der Waals surface area contributed by atoms with E-state index in [-0.39, 0.29) is 30.1 Å². The van der Waals surface area contributed by atoms with Crippen molar-refractivity contribution in [3.63, 3.8) is 0 Å². The predicted octanol–water partition coefficient (Wildman–Crippen LogP) is 4.36. The Morgan fingerprint density at radius 2 is 1.80 bits per heavy atom. The van der Waals surface area contributed by atoms with Crippen molar-refractivity contribution in [1.82, 2.24) is 9.88 Å². The second-order valence-corrected chi connectivity index (χ2v) is 7.93. The Hall–Kier alpha value is -3.03. The number of rotatable bonds is 4. The molecule has 2 heterocycles. The smallest absolute Gasteiger partial charge is 0.410 e. The van der Waals surface area contributed by atoms with E-state index in [1.165, 1.54) is 18.3 Å². The molecule has 1 saturated heterocycles. The fraction of sp³-hybridized carbons (Fsp3) is 0.409. The van der Waals surface area contributed by atoms with Crippen LogP contribution in [0.15, 0.2) is 36.5 Å². The van der Waals surface area contributed by atoms with Crippen LogP contribution in [0, 0.1) is 17.6 Å². The molecule has 1 atom stereocenters. The molecule has 1 N–H and O–H groups in total. The third kappa shape index (κ3) is 4.42. The molecule has 1 saturated carbocycles. The van der Waals surface area contributed by atoms with Gasteiger partial charge in [0.25, 0.3) is 0 Å². The number of carbonyl (C=O) groups excluding carboxylic acids is 2. The van der Waals surface area contributed by atoms with E-state index in [0.29, 0.717) is 36.3 Å². The third-order valence-electron chi connectivity index (χ3n) is 5.71. The number of aromatic nitrogens is 1. The van der Waals surface area contributed by atoms with Crippen LogP contribution >= 0.6 is 0 Å². The molecule has 0 bridgehead atoms. The van der Waals surface area contributed by atoms with Crippen molar-refractivity contribution in [3.8, 4) is 11.1 Å². The summed E-state index contributed by atoms with van der Waals surface area (Å²) in [7, 11) is 0. The summed E-state index contributed by atoms with van der Waals surface area (Å²) >= 11 is 0. The molecule has 2 aliphatic rings. The van der Waals surface area contributed by atoms with Crippen molar-refractivity contribution in [1.29, 1.82) is 0 Å². The number of nitrogens with one attached hydrogen (secondary N) is 1. The second-order valence-electron chi connectivity index (χ2n) is 7.93. The number of hydrogen-bond donors (Lipinski definition) is 1. The molecule has 4 rings (SSSR count). The number of anilines is 1. The Balaban J connectivity index is 1.33. The van der Waals surface area contributed by atoms with Gasteiger partial charge in [0, 0.05) is 29.8 Å². The first-order valence-corrected chi connectivity index (χ1v) is 10.1. The molecule has 2 amide bonds. The standard InChI is InChI=1S/C22H23F2N3O3/c1-13-12-27(22(29)30-13)19-5-2-14(3-6-19)21(28)26-20-7-4-15(11-25-20)16-8-17(23)10-18(24)9-16/h4,7-11,13-14,19H,2-3,5-6,12H2,1H3,(H,25,26,28)/t13-,14?,19?/m0/s1. The highest BCUT2D eigenvalue weighted by molar-refractivity contribution is 5.91. The van der Waals surface area contributed by atoms with Crippen molar-refractivity contribution in [3.05, 3.63) is 48.2 Å². The maximum Gasteiger partial charge on any atom is 0.410 e. The number of pyridine rings is 1. The van der Waals surface area contributed by atoms with Crippen LogP contribution in [-0.2, 0) is 9.53 Å². The predicted molar refractivity (Wildman–Crippen MR) is 107 cm³/mol. The number of halogens is 2. The van der Waals surface area contributed by atoms with E-state index in [9.17, 15) is 18.4 Å². The van der Waals surface area contributed by atoms with Crippen molar-refractivity contribution < 1.29 is 23.1 Å². The summed E-state index contributed by atoms with van der Waals surface area (Å²) in [5.41, 5.74) is 0.935. The molecular weight excluding hydrogens is 392 g/mol. The number of amides is 2.